The van der Waals surface area contributed by atoms with Crippen molar-refractivity contribution in [2.24, 2.45) is 11.8 Å². The maximum atomic E-state index is 14.4. The van der Waals surface area contributed by atoms with Gasteiger partial charge in [-0.2, -0.15) is 0 Å². The van der Waals surface area contributed by atoms with Crippen molar-refractivity contribution in [2.45, 2.75) is 58.3 Å². The summed E-state index contributed by atoms with van der Waals surface area (Å²) in [6.07, 6.45) is 9.00. The van der Waals surface area contributed by atoms with Gasteiger partial charge in [0.05, 0.1) is 5.56 Å². The van der Waals surface area contributed by atoms with Crippen LogP contribution in [0.3, 0.4) is 0 Å². The zero-order valence-electron chi connectivity index (χ0n) is 15.7. The van der Waals surface area contributed by atoms with Crippen molar-refractivity contribution in [1.29, 1.82) is 0 Å². The number of hydrogen-bond acceptors (Lipinski definition) is 0. The molecule has 0 bridgehead atoms. The fraction of sp³-hybridized carbons (Fsp3) is 0.478. The van der Waals surface area contributed by atoms with E-state index in [9.17, 15) is 17.6 Å². The van der Waals surface area contributed by atoms with Gasteiger partial charge in [-0.25, -0.2) is 17.6 Å². The molecule has 1 aliphatic rings. The smallest absolute Gasteiger partial charge is 0.159 e. The maximum Gasteiger partial charge on any atom is 0.159 e. The molecule has 146 valence electrons. The quantitative estimate of drug-likeness (QED) is 0.458. The summed E-state index contributed by atoms with van der Waals surface area (Å²) >= 11 is 0. The molecule has 0 heterocycles. The van der Waals surface area contributed by atoms with Gasteiger partial charge < -0.3 is 0 Å². The molecule has 0 nitrogen and oxygen atoms in total. The SMILES string of the molecule is CCC1CCC(CCCc2cc(F)c(-c3ccc(F)c(F)c3)c(F)c2)CC1. The topological polar surface area (TPSA) is 0 Å². The van der Waals surface area contributed by atoms with Crippen LogP contribution in [0.15, 0.2) is 30.3 Å². The first-order valence-corrected chi connectivity index (χ1v) is 9.91. The van der Waals surface area contributed by atoms with Gasteiger partial charge in [0.25, 0.3) is 0 Å². The Kier molecular flexibility index (Phi) is 6.56. The number of aryl methyl sites for hydroxylation is 1. The lowest BCUT2D eigenvalue weighted by Gasteiger charge is -2.27. The predicted octanol–water partition coefficient (Wildman–Crippen LogP) is 7.45. The van der Waals surface area contributed by atoms with Gasteiger partial charge in [0.15, 0.2) is 11.6 Å². The van der Waals surface area contributed by atoms with Crippen LogP contribution in [0, 0.1) is 35.1 Å². The molecule has 0 unspecified atom stereocenters. The normalized spacial score (nSPS) is 20.0. The van der Waals surface area contributed by atoms with Crippen molar-refractivity contribution in [2.75, 3.05) is 0 Å². The largest absolute Gasteiger partial charge is 0.206 e. The summed E-state index contributed by atoms with van der Waals surface area (Å²) in [6.45, 7) is 2.25. The van der Waals surface area contributed by atoms with E-state index in [1.54, 1.807) is 0 Å². The van der Waals surface area contributed by atoms with Crippen molar-refractivity contribution >= 4 is 0 Å². The molecule has 1 fully saturated rings. The lowest BCUT2D eigenvalue weighted by molar-refractivity contribution is 0.255. The summed E-state index contributed by atoms with van der Waals surface area (Å²) in [7, 11) is 0. The van der Waals surface area contributed by atoms with Crippen LogP contribution in [0.25, 0.3) is 11.1 Å². The van der Waals surface area contributed by atoms with Crippen molar-refractivity contribution in [3.63, 3.8) is 0 Å². The summed E-state index contributed by atoms with van der Waals surface area (Å²) in [5.74, 6) is -2.03. The van der Waals surface area contributed by atoms with Crippen LogP contribution in [0.4, 0.5) is 17.6 Å². The van der Waals surface area contributed by atoms with Crippen LogP contribution in [0.2, 0.25) is 0 Å². The Morgan fingerprint density at radius 2 is 1.41 bits per heavy atom. The molecular weight excluding hydrogens is 352 g/mol. The van der Waals surface area contributed by atoms with E-state index in [0.717, 1.165) is 36.8 Å². The highest BCUT2D eigenvalue weighted by Gasteiger charge is 2.20. The predicted molar refractivity (Wildman–Crippen MR) is 100 cm³/mol. The standard InChI is InChI=1S/C23H26F4/c1-2-15-6-8-16(9-7-15)4-3-5-17-12-21(26)23(22(27)13-17)18-10-11-19(24)20(25)14-18/h10-16H,2-9H2,1H3. The monoisotopic (exact) mass is 378 g/mol. The van der Waals surface area contributed by atoms with E-state index in [-0.39, 0.29) is 11.1 Å². The molecule has 1 saturated carbocycles. The van der Waals surface area contributed by atoms with Crippen molar-refractivity contribution < 1.29 is 17.6 Å². The van der Waals surface area contributed by atoms with Crippen LogP contribution >= 0.6 is 0 Å². The van der Waals surface area contributed by atoms with Gasteiger partial charge in [0.1, 0.15) is 11.6 Å². The minimum Gasteiger partial charge on any atom is -0.206 e. The van der Waals surface area contributed by atoms with E-state index >= 15 is 0 Å². The van der Waals surface area contributed by atoms with Gasteiger partial charge in [-0.1, -0.05) is 51.5 Å². The minimum atomic E-state index is -1.12. The summed E-state index contributed by atoms with van der Waals surface area (Å²) in [5.41, 5.74) is 0.303. The van der Waals surface area contributed by atoms with Gasteiger partial charge in [-0.15, -0.1) is 0 Å². The van der Waals surface area contributed by atoms with Gasteiger partial charge >= 0.3 is 0 Å². The lowest BCUT2D eigenvalue weighted by Crippen LogP contribution is -2.14. The summed E-state index contributed by atoms with van der Waals surface area (Å²) in [6, 6.07) is 5.52. The van der Waals surface area contributed by atoms with Crippen LogP contribution in [-0.4, -0.2) is 0 Å². The molecule has 0 amide bonds. The number of rotatable bonds is 6. The highest BCUT2D eigenvalue weighted by Crippen LogP contribution is 2.34. The van der Waals surface area contributed by atoms with Crippen molar-refractivity contribution in [1.82, 2.24) is 0 Å². The third-order valence-corrected chi connectivity index (χ3v) is 5.93. The lowest BCUT2D eigenvalue weighted by atomic mass is 9.79. The minimum absolute atomic E-state index is 0.00290. The zero-order valence-corrected chi connectivity index (χ0v) is 15.7. The van der Waals surface area contributed by atoms with Gasteiger partial charge in [0.2, 0.25) is 0 Å². The Morgan fingerprint density at radius 3 is 2.00 bits per heavy atom. The van der Waals surface area contributed by atoms with E-state index in [4.69, 9.17) is 0 Å². The molecule has 0 aromatic heterocycles. The second-order valence-electron chi connectivity index (χ2n) is 7.75. The maximum absolute atomic E-state index is 14.4. The molecule has 1 aliphatic carbocycles. The van der Waals surface area contributed by atoms with Gasteiger partial charge in [-0.3, -0.25) is 0 Å². The fourth-order valence-corrected chi connectivity index (χ4v) is 4.22. The van der Waals surface area contributed by atoms with E-state index in [1.165, 1.54) is 50.3 Å². The van der Waals surface area contributed by atoms with Crippen molar-refractivity contribution in [3.05, 3.63) is 59.2 Å². The van der Waals surface area contributed by atoms with Gasteiger partial charge in [-0.05, 0) is 60.1 Å². The molecule has 2 aromatic rings. The summed E-state index contributed by atoms with van der Waals surface area (Å²) < 4.78 is 55.3. The average Bonchev–Trinajstić information content (AvgIpc) is 2.64. The average molecular weight is 378 g/mol. The van der Waals surface area contributed by atoms with Crippen LogP contribution in [0.1, 0.15) is 57.4 Å². The van der Waals surface area contributed by atoms with E-state index in [1.807, 2.05) is 0 Å². The Morgan fingerprint density at radius 1 is 0.778 bits per heavy atom. The summed E-state index contributed by atoms with van der Waals surface area (Å²) in [4.78, 5) is 0. The molecule has 3 rings (SSSR count). The van der Waals surface area contributed by atoms with E-state index in [0.29, 0.717) is 12.0 Å². The Hall–Kier alpha value is -1.84. The number of benzene rings is 2. The first-order chi connectivity index (χ1) is 13.0. The van der Waals surface area contributed by atoms with Gasteiger partial charge in [0, 0.05) is 0 Å². The van der Waals surface area contributed by atoms with Crippen LogP contribution in [-0.2, 0) is 6.42 Å². The Labute approximate surface area is 158 Å². The third-order valence-electron chi connectivity index (χ3n) is 5.93. The second kappa shape index (κ2) is 8.90. The first kappa shape index (κ1) is 19.9. The molecule has 0 radical (unpaired) electrons. The molecule has 0 aliphatic heterocycles. The van der Waals surface area contributed by atoms with Crippen LogP contribution in [0.5, 0.6) is 0 Å². The second-order valence-corrected chi connectivity index (χ2v) is 7.75. The van der Waals surface area contributed by atoms with Crippen molar-refractivity contribution in [3.8, 4) is 11.1 Å². The Bertz CT molecular complexity index is 753. The number of halogens is 4. The highest BCUT2D eigenvalue weighted by atomic mass is 19.2. The zero-order chi connectivity index (χ0) is 19.4. The molecule has 0 spiro atoms. The highest BCUT2D eigenvalue weighted by molar-refractivity contribution is 5.65. The molecule has 0 N–H and O–H groups in total. The molecule has 2 aromatic carbocycles. The first-order valence-electron chi connectivity index (χ1n) is 9.91. The fourth-order valence-electron chi connectivity index (χ4n) is 4.22. The summed E-state index contributed by atoms with van der Waals surface area (Å²) in [5, 5.41) is 0. The molecule has 0 saturated heterocycles. The van der Waals surface area contributed by atoms with E-state index in [2.05, 4.69) is 6.92 Å². The van der Waals surface area contributed by atoms with Crippen LogP contribution < -0.4 is 0 Å². The number of hydrogen-bond donors (Lipinski definition) is 0. The molecule has 27 heavy (non-hydrogen) atoms. The Balaban J connectivity index is 1.62. The van der Waals surface area contributed by atoms with E-state index < -0.39 is 23.3 Å². The third kappa shape index (κ3) is 4.91. The molecule has 0 atom stereocenters. The molecular formula is C23H26F4. The molecule has 4 heteroatoms.